The number of carbonyl (C=O) groups is 2. The smallest absolute Gasteiger partial charge is 0.314 e. The van der Waals surface area contributed by atoms with Crippen molar-refractivity contribution in [1.82, 2.24) is 4.90 Å². The molecule has 1 aliphatic heterocycles. The Morgan fingerprint density at radius 3 is 2.57 bits per heavy atom. The van der Waals surface area contributed by atoms with E-state index in [0.29, 0.717) is 12.1 Å². The number of aryl methyl sites for hydroxylation is 1. The van der Waals surface area contributed by atoms with E-state index in [1.807, 2.05) is 13.8 Å². The molecule has 0 unspecified atom stereocenters. The summed E-state index contributed by atoms with van der Waals surface area (Å²) in [6.45, 7) is 6.12. The number of urea groups is 1. The van der Waals surface area contributed by atoms with Gasteiger partial charge in [-0.3, -0.25) is 14.9 Å². The summed E-state index contributed by atoms with van der Waals surface area (Å²) < 4.78 is 0. The van der Waals surface area contributed by atoms with Gasteiger partial charge in [-0.05, 0) is 18.4 Å². The monoisotopic (exact) mass is 291 g/mol. The van der Waals surface area contributed by atoms with Gasteiger partial charge in [0.15, 0.2) is 0 Å². The summed E-state index contributed by atoms with van der Waals surface area (Å²) in [4.78, 5) is 37.3. The molecule has 0 spiro atoms. The SMILES string of the molecule is Cc1ccc([N+](=O)[O-])cc1N1C(=O)CN(CC(C)C)C1=O. The topological polar surface area (TPSA) is 83.8 Å². The van der Waals surface area contributed by atoms with Crippen LogP contribution in [0.5, 0.6) is 0 Å². The zero-order chi connectivity index (χ0) is 15.7. The van der Waals surface area contributed by atoms with Crippen molar-refractivity contribution in [2.45, 2.75) is 20.8 Å². The van der Waals surface area contributed by atoms with Gasteiger partial charge in [0.1, 0.15) is 6.54 Å². The standard InChI is InChI=1S/C14H17N3O4/c1-9(2)7-15-8-13(18)16(14(15)19)12-6-11(17(20)21)5-4-10(12)3/h4-6,9H,7-8H2,1-3H3. The quantitative estimate of drug-likeness (QED) is 0.484. The first-order valence-electron chi connectivity index (χ1n) is 6.68. The number of non-ortho nitro benzene ring substituents is 1. The zero-order valence-corrected chi connectivity index (χ0v) is 12.2. The fourth-order valence-corrected chi connectivity index (χ4v) is 2.32. The number of nitro benzene ring substituents is 1. The van der Waals surface area contributed by atoms with E-state index in [1.165, 1.54) is 17.0 Å². The number of nitro groups is 1. The van der Waals surface area contributed by atoms with Crippen LogP contribution in [-0.4, -0.2) is 34.9 Å². The molecule has 0 radical (unpaired) electrons. The second-order valence-electron chi connectivity index (χ2n) is 5.51. The van der Waals surface area contributed by atoms with E-state index in [2.05, 4.69) is 0 Å². The van der Waals surface area contributed by atoms with Gasteiger partial charge in [-0.1, -0.05) is 19.9 Å². The molecule has 2 rings (SSSR count). The first-order chi connectivity index (χ1) is 9.81. The Morgan fingerprint density at radius 1 is 1.33 bits per heavy atom. The van der Waals surface area contributed by atoms with Gasteiger partial charge >= 0.3 is 6.03 Å². The van der Waals surface area contributed by atoms with Crippen LogP contribution >= 0.6 is 0 Å². The first-order valence-corrected chi connectivity index (χ1v) is 6.68. The molecule has 0 saturated carbocycles. The molecule has 0 aliphatic carbocycles. The second-order valence-corrected chi connectivity index (χ2v) is 5.51. The number of imide groups is 1. The molecular weight excluding hydrogens is 274 g/mol. The van der Waals surface area contributed by atoms with E-state index < -0.39 is 11.0 Å². The third-order valence-electron chi connectivity index (χ3n) is 3.27. The van der Waals surface area contributed by atoms with Crippen molar-refractivity contribution in [3.63, 3.8) is 0 Å². The fraction of sp³-hybridized carbons (Fsp3) is 0.429. The van der Waals surface area contributed by atoms with Gasteiger partial charge in [0, 0.05) is 18.7 Å². The van der Waals surface area contributed by atoms with Gasteiger partial charge in [0.25, 0.3) is 11.6 Å². The average Bonchev–Trinajstić information content (AvgIpc) is 2.64. The summed E-state index contributed by atoms with van der Waals surface area (Å²) in [6.07, 6.45) is 0. The predicted molar refractivity (Wildman–Crippen MR) is 77.1 cm³/mol. The van der Waals surface area contributed by atoms with E-state index in [1.54, 1.807) is 13.0 Å². The Balaban J connectivity index is 2.37. The van der Waals surface area contributed by atoms with E-state index in [9.17, 15) is 19.7 Å². The van der Waals surface area contributed by atoms with Crippen molar-refractivity contribution in [3.05, 3.63) is 33.9 Å². The fourth-order valence-electron chi connectivity index (χ4n) is 2.32. The lowest BCUT2D eigenvalue weighted by Gasteiger charge is -2.19. The van der Waals surface area contributed by atoms with Crippen LogP contribution in [0.25, 0.3) is 0 Å². The maximum Gasteiger partial charge on any atom is 0.331 e. The molecule has 0 N–H and O–H groups in total. The summed E-state index contributed by atoms with van der Waals surface area (Å²) in [6, 6.07) is 3.75. The summed E-state index contributed by atoms with van der Waals surface area (Å²) in [5.41, 5.74) is 0.790. The predicted octanol–water partition coefficient (Wildman–Crippen LogP) is 2.33. The highest BCUT2D eigenvalue weighted by Crippen LogP contribution is 2.29. The van der Waals surface area contributed by atoms with Crippen LogP contribution in [0.2, 0.25) is 0 Å². The van der Waals surface area contributed by atoms with Gasteiger partial charge < -0.3 is 4.90 Å². The number of rotatable bonds is 4. The van der Waals surface area contributed by atoms with Crippen LogP contribution in [0.15, 0.2) is 18.2 Å². The number of hydrogen-bond donors (Lipinski definition) is 0. The maximum atomic E-state index is 12.3. The third-order valence-corrected chi connectivity index (χ3v) is 3.27. The van der Waals surface area contributed by atoms with Crippen LogP contribution in [-0.2, 0) is 4.79 Å². The normalized spacial score (nSPS) is 15.2. The van der Waals surface area contributed by atoms with Crippen molar-refractivity contribution < 1.29 is 14.5 Å². The van der Waals surface area contributed by atoms with E-state index >= 15 is 0 Å². The van der Waals surface area contributed by atoms with Gasteiger partial charge in [0.2, 0.25) is 0 Å². The number of carbonyl (C=O) groups excluding carboxylic acids is 2. The van der Waals surface area contributed by atoms with Crippen LogP contribution in [0.4, 0.5) is 16.2 Å². The molecule has 7 heteroatoms. The van der Waals surface area contributed by atoms with Crippen LogP contribution in [0.1, 0.15) is 19.4 Å². The Labute approximate surface area is 122 Å². The number of amides is 3. The first kappa shape index (κ1) is 15.0. The van der Waals surface area contributed by atoms with Gasteiger partial charge in [-0.25, -0.2) is 9.69 Å². The lowest BCUT2D eigenvalue weighted by molar-refractivity contribution is -0.384. The molecule has 1 aromatic carbocycles. The highest BCUT2D eigenvalue weighted by atomic mass is 16.6. The summed E-state index contributed by atoms with van der Waals surface area (Å²) in [7, 11) is 0. The molecular formula is C14H17N3O4. The van der Waals surface area contributed by atoms with Crippen LogP contribution < -0.4 is 4.90 Å². The Hall–Kier alpha value is -2.44. The highest BCUT2D eigenvalue weighted by Gasteiger charge is 2.38. The van der Waals surface area contributed by atoms with Crippen molar-refractivity contribution in [3.8, 4) is 0 Å². The van der Waals surface area contributed by atoms with Gasteiger partial charge in [-0.15, -0.1) is 0 Å². The van der Waals surface area contributed by atoms with E-state index in [0.717, 1.165) is 4.90 Å². The second kappa shape index (κ2) is 5.51. The lowest BCUT2D eigenvalue weighted by atomic mass is 10.1. The molecule has 0 bridgehead atoms. The summed E-state index contributed by atoms with van der Waals surface area (Å²) >= 11 is 0. The van der Waals surface area contributed by atoms with Crippen LogP contribution in [0.3, 0.4) is 0 Å². The summed E-state index contributed by atoms with van der Waals surface area (Å²) in [5.74, 6) is -0.114. The van der Waals surface area contributed by atoms with Gasteiger partial charge in [-0.2, -0.15) is 0 Å². The minimum atomic E-state index is -0.542. The zero-order valence-electron chi connectivity index (χ0n) is 12.2. The molecule has 1 fully saturated rings. The molecule has 1 aromatic rings. The highest BCUT2D eigenvalue weighted by molar-refractivity contribution is 6.20. The maximum absolute atomic E-state index is 12.3. The Kier molecular flexibility index (Phi) is 3.93. The van der Waals surface area contributed by atoms with Crippen molar-refractivity contribution in [1.29, 1.82) is 0 Å². The molecule has 1 aliphatic rings. The van der Waals surface area contributed by atoms with E-state index in [-0.39, 0.29) is 29.7 Å². The largest absolute Gasteiger partial charge is 0.331 e. The van der Waals surface area contributed by atoms with Crippen molar-refractivity contribution in [2.24, 2.45) is 5.92 Å². The lowest BCUT2D eigenvalue weighted by Crippen LogP contribution is -2.35. The number of benzene rings is 1. The molecule has 0 aromatic heterocycles. The molecule has 0 atom stereocenters. The number of nitrogens with zero attached hydrogens (tertiary/aromatic N) is 3. The molecule has 1 saturated heterocycles. The number of hydrogen-bond acceptors (Lipinski definition) is 4. The average molecular weight is 291 g/mol. The third kappa shape index (κ3) is 2.86. The Morgan fingerprint density at radius 2 is 2.00 bits per heavy atom. The minimum Gasteiger partial charge on any atom is -0.314 e. The Bertz CT molecular complexity index is 612. The molecule has 3 amide bonds. The molecule has 7 nitrogen and oxygen atoms in total. The molecule has 21 heavy (non-hydrogen) atoms. The van der Waals surface area contributed by atoms with Crippen molar-refractivity contribution in [2.75, 3.05) is 18.0 Å². The van der Waals surface area contributed by atoms with Gasteiger partial charge in [0.05, 0.1) is 10.6 Å². The van der Waals surface area contributed by atoms with E-state index in [4.69, 9.17) is 0 Å². The summed E-state index contributed by atoms with van der Waals surface area (Å²) in [5, 5.41) is 10.9. The molecule has 112 valence electrons. The minimum absolute atomic E-state index is 0.0130. The van der Waals surface area contributed by atoms with Crippen LogP contribution in [0, 0.1) is 23.0 Å². The number of anilines is 1. The van der Waals surface area contributed by atoms with Crippen molar-refractivity contribution >= 4 is 23.3 Å². The molecule has 1 heterocycles.